The van der Waals surface area contributed by atoms with Crippen molar-refractivity contribution in [2.24, 2.45) is 5.41 Å². The fourth-order valence-corrected chi connectivity index (χ4v) is 1.11. The minimum atomic E-state index is -0.0793. The molecule has 0 bridgehead atoms. The third-order valence-corrected chi connectivity index (χ3v) is 2.21. The van der Waals surface area contributed by atoms with Crippen LogP contribution in [0.1, 0.15) is 26.7 Å². The predicted octanol–water partition coefficient (Wildman–Crippen LogP) is 0.551. The van der Waals surface area contributed by atoms with Gasteiger partial charge in [-0.3, -0.25) is 4.79 Å². The summed E-state index contributed by atoms with van der Waals surface area (Å²) in [5, 5.41) is 11.6. The molecule has 0 heterocycles. The van der Waals surface area contributed by atoms with E-state index < -0.39 is 0 Å². The Kier molecular flexibility index (Phi) is 7.61. The van der Waals surface area contributed by atoms with Gasteiger partial charge in [0.1, 0.15) is 6.61 Å². The number of ether oxygens (including phenoxy) is 1. The Morgan fingerprint density at radius 2 is 2.25 bits per heavy atom. The largest absolute Gasteiger partial charge is 0.396 e. The molecule has 92 valence electrons. The molecule has 2 N–H and O–H groups in total. The number of carbonyl (C=O) groups is 1. The van der Waals surface area contributed by atoms with Gasteiger partial charge in [0.05, 0.1) is 13.0 Å². The molecule has 0 aliphatic carbocycles. The molecule has 1 amide bonds. The first-order valence-electron chi connectivity index (χ1n) is 5.40. The lowest BCUT2D eigenvalue weighted by atomic mass is 9.90. The third-order valence-electron chi connectivity index (χ3n) is 2.21. The highest BCUT2D eigenvalue weighted by Gasteiger charge is 2.17. The number of nitrogens with one attached hydrogen (secondary N) is 1. The molecule has 0 rings (SSSR count). The predicted molar refractivity (Wildman–Crippen MR) is 62.8 cm³/mol. The zero-order valence-corrected chi connectivity index (χ0v) is 10.1. The van der Waals surface area contributed by atoms with Crippen LogP contribution in [0.4, 0.5) is 0 Å². The van der Waals surface area contributed by atoms with E-state index in [4.69, 9.17) is 16.3 Å². The Morgan fingerprint density at radius 3 is 2.81 bits per heavy atom. The summed E-state index contributed by atoms with van der Waals surface area (Å²) in [4.78, 5) is 11.4. The van der Waals surface area contributed by atoms with E-state index in [1.807, 2.05) is 13.8 Å². The molecule has 0 aromatic heterocycles. The monoisotopic (exact) mass is 227 g/mol. The van der Waals surface area contributed by atoms with Gasteiger partial charge in [0.2, 0.25) is 5.91 Å². The lowest BCUT2D eigenvalue weighted by molar-refractivity contribution is -0.122. The second kappa shape index (κ2) is 8.14. The molecule has 0 atom stereocenters. The van der Waals surface area contributed by atoms with Crippen LogP contribution in [0.3, 0.4) is 0 Å². The van der Waals surface area contributed by atoms with E-state index in [0.29, 0.717) is 26.0 Å². The van der Waals surface area contributed by atoms with Crippen LogP contribution in [0.25, 0.3) is 0 Å². The van der Waals surface area contributed by atoms with Crippen molar-refractivity contribution in [3.8, 4) is 12.3 Å². The Bertz CT molecular complexity index is 243. The van der Waals surface area contributed by atoms with Gasteiger partial charge >= 0.3 is 0 Å². The van der Waals surface area contributed by atoms with Crippen LogP contribution in [0.2, 0.25) is 0 Å². The minimum Gasteiger partial charge on any atom is -0.396 e. The summed E-state index contributed by atoms with van der Waals surface area (Å²) in [7, 11) is 0. The first-order chi connectivity index (χ1) is 7.52. The maximum Gasteiger partial charge on any atom is 0.222 e. The molecule has 0 aliphatic heterocycles. The highest BCUT2D eigenvalue weighted by Crippen LogP contribution is 2.17. The molecular weight excluding hydrogens is 206 g/mol. The fourth-order valence-electron chi connectivity index (χ4n) is 1.11. The first-order valence-corrected chi connectivity index (χ1v) is 5.40. The average Bonchev–Trinajstić information content (AvgIpc) is 2.22. The molecule has 0 aliphatic rings. The Morgan fingerprint density at radius 1 is 1.56 bits per heavy atom. The van der Waals surface area contributed by atoms with E-state index in [-0.39, 0.29) is 24.5 Å². The summed E-state index contributed by atoms with van der Waals surface area (Å²) < 4.78 is 5.00. The van der Waals surface area contributed by atoms with Gasteiger partial charge in [0, 0.05) is 13.2 Å². The number of terminal acetylenes is 1. The lowest BCUT2D eigenvalue weighted by Crippen LogP contribution is -2.34. The molecule has 0 saturated heterocycles. The Hall–Kier alpha value is -1.05. The summed E-state index contributed by atoms with van der Waals surface area (Å²) in [6, 6.07) is 0. The minimum absolute atomic E-state index is 0.0527. The van der Waals surface area contributed by atoms with Crippen molar-refractivity contribution in [1.29, 1.82) is 0 Å². The number of amides is 1. The van der Waals surface area contributed by atoms with Gasteiger partial charge in [-0.15, -0.1) is 6.42 Å². The standard InChI is InChI=1S/C12H21NO3/c1-4-8-16-9-5-11(15)13-10-12(2,3)6-7-14/h1,14H,5-10H2,2-3H3,(H,13,15). The zero-order valence-electron chi connectivity index (χ0n) is 10.1. The van der Waals surface area contributed by atoms with Crippen LogP contribution in [0.15, 0.2) is 0 Å². The van der Waals surface area contributed by atoms with Crippen molar-refractivity contribution in [2.45, 2.75) is 26.7 Å². The first kappa shape index (κ1) is 14.9. The number of carbonyl (C=O) groups excluding carboxylic acids is 1. The molecule has 4 nitrogen and oxygen atoms in total. The summed E-state index contributed by atoms with van der Waals surface area (Å²) in [5.41, 5.74) is -0.0793. The van der Waals surface area contributed by atoms with Crippen molar-refractivity contribution in [3.05, 3.63) is 0 Å². The quantitative estimate of drug-likeness (QED) is 0.470. The molecule has 0 aromatic carbocycles. The molecule has 0 saturated carbocycles. The second-order valence-electron chi connectivity index (χ2n) is 4.42. The van der Waals surface area contributed by atoms with Crippen LogP contribution in [-0.4, -0.2) is 37.4 Å². The molecular formula is C12H21NO3. The average molecular weight is 227 g/mol. The molecule has 0 fully saturated rings. The van der Waals surface area contributed by atoms with E-state index in [1.54, 1.807) is 0 Å². The molecule has 0 aromatic rings. The normalized spacial score (nSPS) is 10.9. The van der Waals surface area contributed by atoms with Crippen LogP contribution < -0.4 is 5.32 Å². The SMILES string of the molecule is C#CCOCCC(=O)NCC(C)(C)CCO. The van der Waals surface area contributed by atoms with Gasteiger partial charge < -0.3 is 15.2 Å². The molecule has 0 radical (unpaired) electrons. The van der Waals surface area contributed by atoms with Gasteiger partial charge in [0.25, 0.3) is 0 Å². The molecule has 16 heavy (non-hydrogen) atoms. The number of aliphatic hydroxyl groups is 1. The number of aliphatic hydroxyl groups excluding tert-OH is 1. The van der Waals surface area contributed by atoms with Crippen molar-refractivity contribution >= 4 is 5.91 Å². The molecule has 4 heteroatoms. The summed E-state index contributed by atoms with van der Waals surface area (Å²) >= 11 is 0. The van der Waals surface area contributed by atoms with Crippen LogP contribution in [-0.2, 0) is 9.53 Å². The molecule has 0 unspecified atom stereocenters. The lowest BCUT2D eigenvalue weighted by Gasteiger charge is -2.23. The fraction of sp³-hybridized carbons (Fsp3) is 0.750. The maximum atomic E-state index is 11.4. The Balaban J connectivity index is 3.61. The van der Waals surface area contributed by atoms with Crippen molar-refractivity contribution in [2.75, 3.05) is 26.4 Å². The van der Waals surface area contributed by atoms with E-state index in [0.717, 1.165) is 0 Å². The number of hydrogen-bond donors (Lipinski definition) is 2. The smallest absolute Gasteiger partial charge is 0.222 e. The second-order valence-corrected chi connectivity index (χ2v) is 4.42. The van der Waals surface area contributed by atoms with Crippen molar-refractivity contribution in [3.63, 3.8) is 0 Å². The van der Waals surface area contributed by atoms with Crippen LogP contribution >= 0.6 is 0 Å². The topological polar surface area (TPSA) is 58.6 Å². The van der Waals surface area contributed by atoms with Gasteiger partial charge in [-0.2, -0.15) is 0 Å². The number of hydrogen-bond acceptors (Lipinski definition) is 3. The Labute approximate surface area is 97.4 Å². The maximum absolute atomic E-state index is 11.4. The number of rotatable bonds is 8. The van der Waals surface area contributed by atoms with Crippen LogP contribution in [0.5, 0.6) is 0 Å². The third kappa shape index (κ3) is 8.27. The van der Waals surface area contributed by atoms with Gasteiger partial charge in [0.15, 0.2) is 0 Å². The van der Waals surface area contributed by atoms with Crippen molar-refractivity contribution in [1.82, 2.24) is 5.32 Å². The van der Waals surface area contributed by atoms with E-state index in [9.17, 15) is 4.79 Å². The van der Waals surface area contributed by atoms with E-state index >= 15 is 0 Å². The van der Waals surface area contributed by atoms with Gasteiger partial charge in [-0.1, -0.05) is 19.8 Å². The summed E-state index contributed by atoms with van der Waals surface area (Å²) in [5.74, 6) is 2.28. The van der Waals surface area contributed by atoms with Gasteiger partial charge in [-0.25, -0.2) is 0 Å². The summed E-state index contributed by atoms with van der Waals surface area (Å²) in [6.07, 6.45) is 5.98. The van der Waals surface area contributed by atoms with Crippen LogP contribution in [0, 0.1) is 17.8 Å². The highest BCUT2D eigenvalue weighted by atomic mass is 16.5. The summed E-state index contributed by atoms with van der Waals surface area (Å²) in [6.45, 7) is 5.27. The highest BCUT2D eigenvalue weighted by molar-refractivity contribution is 5.75. The zero-order chi connectivity index (χ0) is 12.4. The molecule has 0 spiro atoms. The van der Waals surface area contributed by atoms with Crippen molar-refractivity contribution < 1.29 is 14.6 Å². The van der Waals surface area contributed by atoms with E-state index in [2.05, 4.69) is 11.2 Å². The van der Waals surface area contributed by atoms with Gasteiger partial charge in [-0.05, 0) is 11.8 Å². The van der Waals surface area contributed by atoms with E-state index in [1.165, 1.54) is 0 Å².